The molecule has 19 heavy (non-hydrogen) atoms. The Morgan fingerprint density at radius 2 is 1.84 bits per heavy atom. The minimum Gasteiger partial charge on any atom is -0.444 e. The van der Waals surface area contributed by atoms with Crippen LogP contribution in [-0.2, 0) is 14.3 Å². The van der Waals surface area contributed by atoms with Gasteiger partial charge in [0.25, 0.3) is 0 Å². The van der Waals surface area contributed by atoms with Gasteiger partial charge in [0.05, 0.1) is 0 Å². The lowest BCUT2D eigenvalue weighted by molar-refractivity contribution is -0.129. The van der Waals surface area contributed by atoms with E-state index in [2.05, 4.69) is 5.32 Å². The lowest BCUT2D eigenvalue weighted by atomic mass is 10.2. The molecule has 0 unspecified atom stereocenters. The normalized spacial score (nSPS) is 11.0. The van der Waals surface area contributed by atoms with Gasteiger partial charge in [-0.15, -0.1) is 0 Å². The van der Waals surface area contributed by atoms with Crippen molar-refractivity contribution in [3.63, 3.8) is 0 Å². The first kappa shape index (κ1) is 17.7. The minimum atomic E-state index is -0.511. The Balaban J connectivity index is 3.92. The van der Waals surface area contributed by atoms with Crippen molar-refractivity contribution in [2.75, 3.05) is 33.4 Å². The summed E-state index contributed by atoms with van der Waals surface area (Å²) in [5, 5.41) is 2.63. The van der Waals surface area contributed by atoms with Crippen molar-refractivity contribution in [1.29, 1.82) is 0 Å². The summed E-state index contributed by atoms with van der Waals surface area (Å²) in [5.41, 5.74) is -0.511. The quantitative estimate of drug-likeness (QED) is 0.712. The van der Waals surface area contributed by atoms with Gasteiger partial charge in [0.15, 0.2) is 0 Å². The first-order valence-corrected chi connectivity index (χ1v) is 6.47. The van der Waals surface area contributed by atoms with E-state index in [4.69, 9.17) is 9.47 Å². The number of methoxy groups -OCH3 is 1. The van der Waals surface area contributed by atoms with Gasteiger partial charge < -0.3 is 19.7 Å². The molecule has 0 saturated carbocycles. The molecule has 6 nitrogen and oxygen atoms in total. The topological polar surface area (TPSA) is 67.9 Å². The molecule has 0 bridgehead atoms. The standard InChI is InChI=1S/C13H26N2O4/c1-11(16)15(8-6-10-18-5)9-7-14-12(17)19-13(2,3)4/h6-10H2,1-5H3,(H,14,17). The van der Waals surface area contributed by atoms with Crippen LogP contribution in [0.4, 0.5) is 4.79 Å². The number of alkyl carbamates (subject to hydrolysis) is 1. The molecule has 0 radical (unpaired) electrons. The second-order valence-electron chi connectivity index (χ2n) is 5.28. The monoisotopic (exact) mass is 274 g/mol. The van der Waals surface area contributed by atoms with Crippen molar-refractivity contribution >= 4 is 12.0 Å². The van der Waals surface area contributed by atoms with Crippen LogP contribution in [0.15, 0.2) is 0 Å². The van der Waals surface area contributed by atoms with Crippen molar-refractivity contribution in [3.05, 3.63) is 0 Å². The predicted molar refractivity (Wildman–Crippen MR) is 73.0 cm³/mol. The number of nitrogens with one attached hydrogen (secondary N) is 1. The molecule has 0 spiro atoms. The van der Waals surface area contributed by atoms with Crippen LogP contribution in [0.25, 0.3) is 0 Å². The van der Waals surface area contributed by atoms with E-state index >= 15 is 0 Å². The molecule has 0 aliphatic rings. The van der Waals surface area contributed by atoms with Gasteiger partial charge in [0.2, 0.25) is 5.91 Å². The lowest BCUT2D eigenvalue weighted by Gasteiger charge is -2.23. The molecule has 0 saturated heterocycles. The van der Waals surface area contributed by atoms with Gasteiger partial charge in [-0.25, -0.2) is 4.79 Å². The van der Waals surface area contributed by atoms with Crippen LogP contribution in [-0.4, -0.2) is 55.9 Å². The van der Waals surface area contributed by atoms with Crippen LogP contribution in [0.5, 0.6) is 0 Å². The Labute approximate surface area is 115 Å². The van der Waals surface area contributed by atoms with Crippen molar-refractivity contribution in [2.45, 2.75) is 39.7 Å². The summed E-state index contributed by atoms with van der Waals surface area (Å²) in [6.07, 6.45) is 0.315. The fraction of sp³-hybridized carbons (Fsp3) is 0.846. The van der Waals surface area contributed by atoms with E-state index < -0.39 is 11.7 Å². The highest BCUT2D eigenvalue weighted by molar-refractivity contribution is 5.73. The molecule has 0 aliphatic heterocycles. The highest BCUT2D eigenvalue weighted by Gasteiger charge is 2.16. The summed E-state index contributed by atoms with van der Waals surface area (Å²) in [4.78, 5) is 24.5. The molecule has 1 N–H and O–H groups in total. The molecule has 2 amide bonds. The first-order chi connectivity index (χ1) is 8.76. The van der Waals surface area contributed by atoms with Gasteiger partial charge >= 0.3 is 6.09 Å². The number of amides is 2. The highest BCUT2D eigenvalue weighted by atomic mass is 16.6. The van der Waals surface area contributed by atoms with Crippen LogP contribution in [0.2, 0.25) is 0 Å². The lowest BCUT2D eigenvalue weighted by Crippen LogP contribution is -2.40. The Morgan fingerprint density at radius 3 is 2.32 bits per heavy atom. The highest BCUT2D eigenvalue weighted by Crippen LogP contribution is 2.06. The molecule has 0 aromatic carbocycles. The van der Waals surface area contributed by atoms with Crippen molar-refractivity contribution in [3.8, 4) is 0 Å². The van der Waals surface area contributed by atoms with Gasteiger partial charge in [-0.1, -0.05) is 0 Å². The van der Waals surface area contributed by atoms with E-state index in [9.17, 15) is 9.59 Å². The van der Waals surface area contributed by atoms with E-state index in [1.807, 2.05) is 0 Å². The number of carbonyl (C=O) groups is 2. The molecule has 0 atom stereocenters. The van der Waals surface area contributed by atoms with Crippen LogP contribution in [0.1, 0.15) is 34.1 Å². The fourth-order valence-electron chi connectivity index (χ4n) is 1.43. The van der Waals surface area contributed by atoms with Crippen molar-refractivity contribution in [2.24, 2.45) is 0 Å². The maximum absolute atomic E-state index is 11.4. The second-order valence-corrected chi connectivity index (χ2v) is 5.28. The Morgan fingerprint density at radius 1 is 1.21 bits per heavy atom. The third-order valence-corrected chi connectivity index (χ3v) is 2.27. The van der Waals surface area contributed by atoms with Gasteiger partial charge in [-0.2, -0.15) is 0 Å². The zero-order valence-corrected chi connectivity index (χ0v) is 12.6. The van der Waals surface area contributed by atoms with Gasteiger partial charge in [0.1, 0.15) is 5.60 Å². The first-order valence-electron chi connectivity index (χ1n) is 6.47. The molecule has 0 aliphatic carbocycles. The molecule has 0 fully saturated rings. The van der Waals surface area contributed by atoms with Crippen LogP contribution < -0.4 is 5.32 Å². The number of ether oxygens (including phenoxy) is 2. The predicted octanol–water partition coefficient (Wildman–Crippen LogP) is 1.40. The second kappa shape index (κ2) is 8.74. The molecule has 112 valence electrons. The number of carbonyl (C=O) groups excluding carboxylic acids is 2. The van der Waals surface area contributed by atoms with E-state index in [1.54, 1.807) is 32.8 Å². The molecule has 0 aromatic heterocycles. The summed E-state index contributed by atoms with van der Waals surface area (Å²) in [7, 11) is 1.63. The zero-order valence-electron chi connectivity index (χ0n) is 12.6. The molecule has 0 heterocycles. The maximum Gasteiger partial charge on any atom is 0.407 e. The third-order valence-electron chi connectivity index (χ3n) is 2.27. The zero-order chi connectivity index (χ0) is 14.9. The Hall–Kier alpha value is -1.30. The molecule has 6 heteroatoms. The summed E-state index contributed by atoms with van der Waals surface area (Å²) in [5.74, 6) is -0.0120. The SMILES string of the molecule is COCCCN(CCNC(=O)OC(C)(C)C)C(C)=O. The van der Waals surface area contributed by atoms with Gasteiger partial charge in [-0.3, -0.25) is 4.79 Å². The van der Waals surface area contributed by atoms with Crippen molar-refractivity contribution in [1.82, 2.24) is 10.2 Å². The summed E-state index contributed by atoms with van der Waals surface area (Å²) in [6, 6.07) is 0. The molecule has 0 aromatic rings. The average Bonchev–Trinajstić information content (AvgIpc) is 2.24. The largest absolute Gasteiger partial charge is 0.444 e. The van der Waals surface area contributed by atoms with E-state index in [-0.39, 0.29) is 5.91 Å². The molecular weight excluding hydrogens is 248 g/mol. The summed E-state index contributed by atoms with van der Waals surface area (Å²) in [6.45, 7) is 9.01. The van der Waals surface area contributed by atoms with E-state index in [1.165, 1.54) is 6.92 Å². The van der Waals surface area contributed by atoms with Crippen LogP contribution in [0, 0.1) is 0 Å². The van der Waals surface area contributed by atoms with Gasteiger partial charge in [0, 0.05) is 40.3 Å². The van der Waals surface area contributed by atoms with E-state index in [0.29, 0.717) is 26.2 Å². The smallest absolute Gasteiger partial charge is 0.407 e. The number of nitrogens with zero attached hydrogens (tertiary/aromatic N) is 1. The third kappa shape index (κ3) is 10.3. The Bertz CT molecular complexity index is 287. The summed E-state index contributed by atoms with van der Waals surface area (Å²) < 4.78 is 10.0. The van der Waals surface area contributed by atoms with Crippen LogP contribution >= 0.6 is 0 Å². The fourth-order valence-corrected chi connectivity index (χ4v) is 1.43. The minimum absolute atomic E-state index is 0.0120. The maximum atomic E-state index is 11.4. The number of hydrogen-bond donors (Lipinski definition) is 1. The van der Waals surface area contributed by atoms with Crippen LogP contribution in [0.3, 0.4) is 0 Å². The Kier molecular flexibility index (Phi) is 8.14. The number of rotatable bonds is 7. The average molecular weight is 274 g/mol. The summed E-state index contributed by atoms with van der Waals surface area (Å²) >= 11 is 0. The molecular formula is C13H26N2O4. The van der Waals surface area contributed by atoms with Gasteiger partial charge in [-0.05, 0) is 27.2 Å². The number of hydrogen-bond acceptors (Lipinski definition) is 4. The van der Waals surface area contributed by atoms with Crippen molar-refractivity contribution < 1.29 is 19.1 Å². The van der Waals surface area contributed by atoms with E-state index in [0.717, 1.165) is 6.42 Å². The molecule has 0 rings (SSSR count).